The van der Waals surface area contributed by atoms with Gasteiger partial charge in [0.2, 0.25) is 0 Å². The number of benzene rings is 1. The van der Waals surface area contributed by atoms with Gasteiger partial charge in [-0.05, 0) is 30.5 Å². The number of carboxylic acids is 1. The summed E-state index contributed by atoms with van der Waals surface area (Å²) in [5.41, 5.74) is 3.07. The summed E-state index contributed by atoms with van der Waals surface area (Å²) in [5, 5.41) is 14.5. The monoisotopic (exact) mass is 230 g/mol. The van der Waals surface area contributed by atoms with E-state index in [1.54, 1.807) is 0 Å². The molecule has 0 aliphatic heterocycles. The quantitative estimate of drug-likeness (QED) is 0.878. The van der Waals surface area contributed by atoms with Crippen LogP contribution in [-0.4, -0.2) is 20.9 Å². The van der Waals surface area contributed by atoms with Crippen LogP contribution in [0.5, 0.6) is 0 Å². The molecule has 4 nitrogen and oxygen atoms in total. The summed E-state index contributed by atoms with van der Waals surface area (Å²) in [6.45, 7) is 0. The molecule has 1 N–H and O–H groups in total. The third kappa shape index (κ3) is 1.79. The lowest BCUT2D eigenvalue weighted by atomic mass is 10.1. The largest absolute Gasteiger partial charge is 0.481 e. The number of hydrogen-bond donors (Lipinski definition) is 1. The molecule has 0 amide bonds. The van der Waals surface area contributed by atoms with Crippen molar-refractivity contribution in [2.75, 3.05) is 0 Å². The van der Waals surface area contributed by atoms with E-state index >= 15 is 0 Å². The SMILES string of the molecule is Cn1nc(C2CC2)c2cc(CC(=O)O)ccc21. The third-order valence-corrected chi connectivity index (χ3v) is 3.26. The van der Waals surface area contributed by atoms with E-state index in [4.69, 9.17) is 5.11 Å². The third-order valence-electron chi connectivity index (χ3n) is 3.26. The van der Waals surface area contributed by atoms with Crippen LogP contribution in [0.15, 0.2) is 18.2 Å². The normalized spacial score (nSPS) is 15.4. The summed E-state index contributed by atoms with van der Waals surface area (Å²) >= 11 is 0. The average Bonchev–Trinajstić information content (AvgIpc) is 3.04. The Morgan fingerprint density at radius 1 is 1.53 bits per heavy atom. The molecule has 17 heavy (non-hydrogen) atoms. The Morgan fingerprint density at radius 3 is 2.94 bits per heavy atom. The smallest absolute Gasteiger partial charge is 0.307 e. The fraction of sp³-hybridized carbons (Fsp3) is 0.385. The van der Waals surface area contributed by atoms with Crippen LogP contribution in [0, 0.1) is 0 Å². The summed E-state index contributed by atoms with van der Waals surface area (Å²) in [6.07, 6.45) is 2.49. The number of aryl methyl sites for hydroxylation is 1. The van der Waals surface area contributed by atoms with Gasteiger partial charge in [-0.3, -0.25) is 9.48 Å². The fourth-order valence-corrected chi connectivity index (χ4v) is 2.28. The molecule has 4 heteroatoms. The second-order valence-corrected chi connectivity index (χ2v) is 4.71. The molecule has 3 rings (SSSR count). The summed E-state index contributed by atoms with van der Waals surface area (Å²) in [7, 11) is 1.94. The Balaban J connectivity index is 2.12. The molecule has 1 saturated carbocycles. The first-order valence-electron chi connectivity index (χ1n) is 5.82. The van der Waals surface area contributed by atoms with E-state index in [-0.39, 0.29) is 6.42 Å². The lowest BCUT2D eigenvalue weighted by molar-refractivity contribution is -0.136. The van der Waals surface area contributed by atoms with Crippen LogP contribution in [0.3, 0.4) is 0 Å². The highest BCUT2D eigenvalue weighted by atomic mass is 16.4. The van der Waals surface area contributed by atoms with Gasteiger partial charge in [-0.15, -0.1) is 0 Å². The van der Waals surface area contributed by atoms with Crippen LogP contribution < -0.4 is 0 Å². The van der Waals surface area contributed by atoms with Gasteiger partial charge in [-0.25, -0.2) is 0 Å². The summed E-state index contributed by atoms with van der Waals surface area (Å²) in [5.74, 6) is -0.208. The number of carbonyl (C=O) groups is 1. The number of aliphatic carboxylic acids is 1. The number of fused-ring (bicyclic) bond motifs is 1. The van der Waals surface area contributed by atoms with Gasteiger partial charge in [-0.2, -0.15) is 5.10 Å². The maximum atomic E-state index is 10.7. The highest BCUT2D eigenvalue weighted by molar-refractivity contribution is 5.84. The highest BCUT2D eigenvalue weighted by Crippen LogP contribution is 2.42. The minimum absolute atomic E-state index is 0.0783. The zero-order chi connectivity index (χ0) is 12.0. The first-order valence-corrected chi connectivity index (χ1v) is 5.82. The first-order chi connectivity index (χ1) is 8.15. The second kappa shape index (κ2) is 3.58. The van der Waals surface area contributed by atoms with Gasteiger partial charge in [0.15, 0.2) is 0 Å². The molecule has 1 heterocycles. The van der Waals surface area contributed by atoms with E-state index in [0.29, 0.717) is 5.92 Å². The molecule has 0 saturated heterocycles. The van der Waals surface area contributed by atoms with E-state index in [1.165, 1.54) is 12.8 Å². The molecule has 0 atom stereocenters. The molecule has 1 aliphatic carbocycles. The molecule has 1 aromatic carbocycles. The zero-order valence-electron chi connectivity index (χ0n) is 9.68. The predicted molar refractivity (Wildman–Crippen MR) is 64.0 cm³/mol. The average molecular weight is 230 g/mol. The van der Waals surface area contributed by atoms with Crippen molar-refractivity contribution in [1.82, 2.24) is 9.78 Å². The number of hydrogen-bond acceptors (Lipinski definition) is 2. The lowest BCUT2D eigenvalue weighted by Gasteiger charge is -1.99. The van der Waals surface area contributed by atoms with Crippen LogP contribution in [0.25, 0.3) is 10.9 Å². The van der Waals surface area contributed by atoms with Crippen molar-refractivity contribution in [2.45, 2.75) is 25.2 Å². The van der Waals surface area contributed by atoms with Gasteiger partial charge in [-0.1, -0.05) is 6.07 Å². The van der Waals surface area contributed by atoms with E-state index in [9.17, 15) is 4.79 Å². The van der Waals surface area contributed by atoms with Crippen LogP contribution in [0.4, 0.5) is 0 Å². The van der Waals surface area contributed by atoms with Crippen molar-refractivity contribution in [2.24, 2.45) is 7.05 Å². The standard InChI is InChI=1S/C13H14N2O2/c1-15-11-5-2-8(7-12(16)17)6-10(11)13(14-15)9-3-4-9/h2,5-6,9H,3-4,7H2,1H3,(H,16,17). The minimum Gasteiger partial charge on any atom is -0.481 e. The Bertz CT molecular complexity index is 597. The Labute approximate surface area is 98.9 Å². The van der Waals surface area contributed by atoms with Crippen LogP contribution >= 0.6 is 0 Å². The topological polar surface area (TPSA) is 55.1 Å². The van der Waals surface area contributed by atoms with Gasteiger partial charge in [0.1, 0.15) is 0 Å². The molecule has 1 aromatic heterocycles. The van der Waals surface area contributed by atoms with Gasteiger partial charge >= 0.3 is 5.97 Å². The summed E-state index contributed by atoms with van der Waals surface area (Å²) in [6, 6.07) is 5.81. The maximum absolute atomic E-state index is 10.7. The minimum atomic E-state index is -0.791. The first kappa shape index (κ1) is 10.3. The van der Waals surface area contributed by atoms with Crippen LogP contribution in [0.2, 0.25) is 0 Å². The molecule has 2 aromatic rings. The number of carboxylic acid groups (broad SMARTS) is 1. The van der Waals surface area contributed by atoms with Gasteiger partial charge in [0.25, 0.3) is 0 Å². The van der Waals surface area contributed by atoms with E-state index in [2.05, 4.69) is 5.10 Å². The van der Waals surface area contributed by atoms with Crippen molar-refractivity contribution in [3.8, 4) is 0 Å². The second-order valence-electron chi connectivity index (χ2n) is 4.71. The molecule has 1 fully saturated rings. The number of rotatable bonds is 3. The van der Waals surface area contributed by atoms with Gasteiger partial charge in [0, 0.05) is 18.4 Å². The Morgan fingerprint density at radius 2 is 2.29 bits per heavy atom. The van der Waals surface area contributed by atoms with Crippen LogP contribution in [-0.2, 0) is 18.3 Å². The van der Waals surface area contributed by atoms with Crippen molar-refractivity contribution in [3.63, 3.8) is 0 Å². The van der Waals surface area contributed by atoms with E-state index in [1.807, 2.05) is 29.9 Å². The highest BCUT2D eigenvalue weighted by Gasteiger charge is 2.28. The van der Waals surface area contributed by atoms with Crippen molar-refractivity contribution in [1.29, 1.82) is 0 Å². The molecule has 0 radical (unpaired) electrons. The Kier molecular flexibility index (Phi) is 2.18. The molecule has 88 valence electrons. The predicted octanol–water partition coefficient (Wildman–Crippen LogP) is 2.08. The molecule has 1 aliphatic rings. The van der Waals surface area contributed by atoms with Gasteiger partial charge < -0.3 is 5.11 Å². The van der Waals surface area contributed by atoms with E-state index in [0.717, 1.165) is 22.2 Å². The lowest BCUT2D eigenvalue weighted by Crippen LogP contribution is -1.99. The van der Waals surface area contributed by atoms with Gasteiger partial charge in [0.05, 0.1) is 17.6 Å². The molecule has 0 unspecified atom stereocenters. The van der Waals surface area contributed by atoms with Crippen molar-refractivity contribution < 1.29 is 9.90 Å². The Hall–Kier alpha value is -1.84. The molecule has 0 bridgehead atoms. The van der Waals surface area contributed by atoms with Crippen molar-refractivity contribution >= 4 is 16.9 Å². The van der Waals surface area contributed by atoms with Crippen molar-refractivity contribution in [3.05, 3.63) is 29.5 Å². The number of aromatic nitrogens is 2. The molecular formula is C13H14N2O2. The summed E-state index contributed by atoms with van der Waals surface area (Å²) in [4.78, 5) is 10.7. The molecule has 0 spiro atoms. The zero-order valence-corrected chi connectivity index (χ0v) is 9.68. The summed E-state index contributed by atoms with van der Waals surface area (Å²) < 4.78 is 1.88. The maximum Gasteiger partial charge on any atom is 0.307 e. The molecular weight excluding hydrogens is 216 g/mol. The van der Waals surface area contributed by atoms with E-state index < -0.39 is 5.97 Å². The van der Waals surface area contributed by atoms with Crippen LogP contribution in [0.1, 0.15) is 30.0 Å². The fourth-order valence-electron chi connectivity index (χ4n) is 2.28. The number of nitrogens with zero attached hydrogens (tertiary/aromatic N) is 2.